The molecule has 6 heteroatoms. The van der Waals surface area contributed by atoms with Crippen LogP contribution in [0.2, 0.25) is 0 Å². The lowest BCUT2D eigenvalue weighted by atomic mass is 10.2. The quantitative estimate of drug-likeness (QED) is 0.805. The van der Waals surface area contributed by atoms with Crippen molar-refractivity contribution >= 4 is 11.8 Å². The molecule has 2 rings (SSSR count). The fourth-order valence-electron chi connectivity index (χ4n) is 1.99. The first-order valence-electron chi connectivity index (χ1n) is 6.12. The zero-order chi connectivity index (χ0) is 12.1. The SMILES string of the molecule is NCC[C@H](O)c1nc(CSC2CCCC2)no1. The topological polar surface area (TPSA) is 85.2 Å². The number of aliphatic hydroxyl groups is 1. The maximum Gasteiger partial charge on any atom is 0.255 e. The van der Waals surface area contributed by atoms with Gasteiger partial charge in [0.05, 0.1) is 5.75 Å². The van der Waals surface area contributed by atoms with Gasteiger partial charge < -0.3 is 15.4 Å². The third-order valence-corrected chi connectivity index (χ3v) is 4.33. The van der Waals surface area contributed by atoms with Crippen LogP contribution < -0.4 is 5.73 Å². The molecule has 0 bridgehead atoms. The fraction of sp³-hybridized carbons (Fsp3) is 0.818. The molecule has 5 nitrogen and oxygen atoms in total. The predicted octanol–water partition coefficient (Wildman–Crippen LogP) is 1.63. The Hall–Kier alpha value is -0.590. The van der Waals surface area contributed by atoms with Crippen molar-refractivity contribution < 1.29 is 9.63 Å². The average Bonchev–Trinajstić information content (AvgIpc) is 2.98. The van der Waals surface area contributed by atoms with E-state index in [0.717, 1.165) is 11.0 Å². The monoisotopic (exact) mass is 257 g/mol. The lowest BCUT2D eigenvalue weighted by molar-refractivity contribution is 0.127. The number of rotatable bonds is 6. The number of hydrogen-bond acceptors (Lipinski definition) is 6. The van der Waals surface area contributed by atoms with E-state index in [9.17, 15) is 5.11 Å². The van der Waals surface area contributed by atoms with Gasteiger partial charge in [-0.15, -0.1) is 0 Å². The normalized spacial score (nSPS) is 18.7. The molecular formula is C11H19N3O2S. The third kappa shape index (κ3) is 3.69. The Morgan fingerprint density at radius 2 is 2.24 bits per heavy atom. The van der Waals surface area contributed by atoms with Crippen molar-refractivity contribution in [2.24, 2.45) is 5.73 Å². The van der Waals surface area contributed by atoms with Gasteiger partial charge >= 0.3 is 0 Å². The molecule has 1 aromatic rings. The molecule has 1 aliphatic carbocycles. The third-order valence-electron chi connectivity index (χ3n) is 2.96. The van der Waals surface area contributed by atoms with Crippen LogP contribution in [0.3, 0.4) is 0 Å². The van der Waals surface area contributed by atoms with Gasteiger partial charge in [-0.1, -0.05) is 18.0 Å². The zero-order valence-electron chi connectivity index (χ0n) is 9.84. The molecule has 3 N–H and O–H groups in total. The van der Waals surface area contributed by atoms with Gasteiger partial charge in [0.1, 0.15) is 6.10 Å². The van der Waals surface area contributed by atoms with Crippen molar-refractivity contribution in [3.8, 4) is 0 Å². The molecule has 0 saturated heterocycles. The van der Waals surface area contributed by atoms with E-state index < -0.39 is 6.10 Å². The number of thioether (sulfide) groups is 1. The smallest absolute Gasteiger partial charge is 0.255 e. The standard InChI is InChI=1S/C11H19N3O2S/c12-6-5-9(15)11-13-10(14-16-11)7-17-8-3-1-2-4-8/h8-9,15H,1-7,12H2/t9-/m0/s1. The molecule has 0 unspecified atom stereocenters. The first-order chi connectivity index (χ1) is 8.29. The highest BCUT2D eigenvalue weighted by Crippen LogP contribution is 2.31. The van der Waals surface area contributed by atoms with Crippen molar-refractivity contribution in [1.29, 1.82) is 0 Å². The Labute approximate surface area is 105 Å². The molecule has 1 fully saturated rings. The molecule has 96 valence electrons. The second-order valence-electron chi connectivity index (χ2n) is 4.36. The van der Waals surface area contributed by atoms with Gasteiger partial charge in [-0.2, -0.15) is 16.7 Å². The maximum atomic E-state index is 9.63. The summed E-state index contributed by atoms with van der Waals surface area (Å²) in [6.07, 6.45) is 5.00. The summed E-state index contributed by atoms with van der Waals surface area (Å²) in [5.41, 5.74) is 5.36. The summed E-state index contributed by atoms with van der Waals surface area (Å²) in [6, 6.07) is 0. The van der Waals surface area contributed by atoms with E-state index in [1.54, 1.807) is 0 Å². The Balaban J connectivity index is 1.80. The van der Waals surface area contributed by atoms with Crippen molar-refractivity contribution in [3.63, 3.8) is 0 Å². The number of aliphatic hydroxyl groups excluding tert-OH is 1. The van der Waals surface area contributed by atoms with Crippen LogP contribution in [0.4, 0.5) is 0 Å². The van der Waals surface area contributed by atoms with Crippen molar-refractivity contribution in [2.45, 2.75) is 49.2 Å². The van der Waals surface area contributed by atoms with Crippen molar-refractivity contribution in [3.05, 3.63) is 11.7 Å². The first kappa shape index (κ1) is 12.9. The van der Waals surface area contributed by atoms with E-state index in [2.05, 4.69) is 10.1 Å². The summed E-state index contributed by atoms with van der Waals surface area (Å²) >= 11 is 1.88. The number of hydrogen-bond donors (Lipinski definition) is 2. The molecule has 0 amide bonds. The molecule has 0 spiro atoms. The van der Waals surface area contributed by atoms with Crippen LogP contribution in [-0.4, -0.2) is 27.0 Å². The second kappa shape index (κ2) is 6.37. The van der Waals surface area contributed by atoms with Crippen LogP contribution in [0.5, 0.6) is 0 Å². The summed E-state index contributed by atoms with van der Waals surface area (Å²) in [7, 11) is 0. The molecule has 1 aromatic heterocycles. The van der Waals surface area contributed by atoms with E-state index in [4.69, 9.17) is 10.3 Å². The average molecular weight is 257 g/mol. The molecule has 1 atom stereocenters. The van der Waals surface area contributed by atoms with E-state index in [-0.39, 0.29) is 5.89 Å². The highest BCUT2D eigenvalue weighted by molar-refractivity contribution is 7.99. The lowest BCUT2D eigenvalue weighted by Crippen LogP contribution is -2.07. The van der Waals surface area contributed by atoms with Gasteiger partial charge in [0, 0.05) is 5.25 Å². The molecule has 1 aliphatic rings. The summed E-state index contributed by atoms with van der Waals surface area (Å²) < 4.78 is 5.01. The van der Waals surface area contributed by atoms with Crippen LogP contribution in [0, 0.1) is 0 Å². The molecule has 0 aliphatic heterocycles. The Bertz CT molecular complexity index is 339. The van der Waals surface area contributed by atoms with Crippen LogP contribution in [0.1, 0.15) is 49.9 Å². The molecule has 17 heavy (non-hydrogen) atoms. The van der Waals surface area contributed by atoms with E-state index in [1.807, 2.05) is 11.8 Å². The van der Waals surface area contributed by atoms with Crippen LogP contribution in [0.15, 0.2) is 4.52 Å². The number of nitrogens with zero attached hydrogens (tertiary/aromatic N) is 2. The molecular weight excluding hydrogens is 238 g/mol. The maximum absolute atomic E-state index is 9.63. The van der Waals surface area contributed by atoms with E-state index in [0.29, 0.717) is 18.8 Å². The van der Waals surface area contributed by atoms with Crippen molar-refractivity contribution in [2.75, 3.05) is 6.54 Å². The second-order valence-corrected chi connectivity index (χ2v) is 5.65. The van der Waals surface area contributed by atoms with Crippen LogP contribution in [-0.2, 0) is 5.75 Å². The molecule has 0 aromatic carbocycles. The highest BCUT2D eigenvalue weighted by atomic mass is 32.2. The van der Waals surface area contributed by atoms with Gasteiger partial charge in [0.15, 0.2) is 5.82 Å². The van der Waals surface area contributed by atoms with Crippen LogP contribution in [0.25, 0.3) is 0 Å². The van der Waals surface area contributed by atoms with Gasteiger partial charge in [0.25, 0.3) is 5.89 Å². The minimum atomic E-state index is -0.724. The Kier molecular flexibility index (Phi) is 4.82. The van der Waals surface area contributed by atoms with Gasteiger partial charge in [-0.05, 0) is 25.8 Å². The largest absolute Gasteiger partial charge is 0.383 e. The van der Waals surface area contributed by atoms with Gasteiger partial charge in [0.2, 0.25) is 0 Å². The Morgan fingerprint density at radius 3 is 2.94 bits per heavy atom. The first-order valence-corrected chi connectivity index (χ1v) is 7.16. The Morgan fingerprint density at radius 1 is 1.47 bits per heavy atom. The fourth-order valence-corrected chi connectivity index (χ4v) is 3.16. The minimum absolute atomic E-state index is 0.289. The molecule has 1 heterocycles. The molecule has 0 radical (unpaired) electrons. The highest BCUT2D eigenvalue weighted by Gasteiger charge is 2.18. The number of nitrogens with two attached hydrogens (primary N) is 1. The van der Waals surface area contributed by atoms with Crippen molar-refractivity contribution in [1.82, 2.24) is 10.1 Å². The van der Waals surface area contributed by atoms with E-state index >= 15 is 0 Å². The van der Waals surface area contributed by atoms with Gasteiger partial charge in [-0.3, -0.25) is 0 Å². The lowest BCUT2D eigenvalue weighted by Gasteiger charge is -2.05. The molecule has 1 saturated carbocycles. The van der Waals surface area contributed by atoms with Gasteiger partial charge in [-0.25, -0.2) is 0 Å². The van der Waals surface area contributed by atoms with E-state index in [1.165, 1.54) is 25.7 Å². The summed E-state index contributed by atoms with van der Waals surface area (Å²) in [6.45, 7) is 0.412. The number of aromatic nitrogens is 2. The summed E-state index contributed by atoms with van der Waals surface area (Å²) in [5, 5.41) is 14.2. The summed E-state index contributed by atoms with van der Waals surface area (Å²) in [4.78, 5) is 4.19. The minimum Gasteiger partial charge on any atom is -0.383 e. The summed E-state index contributed by atoms with van der Waals surface area (Å²) in [5.74, 6) is 1.73. The predicted molar refractivity (Wildman–Crippen MR) is 66.5 cm³/mol. The van der Waals surface area contributed by atoms with Crippen LogP contribution >= 0.6 is 11.8 Å². The zero-order valence-corrected chi connectivity index (χ0v) is 10.7.